The second-order valence-electron chi connectivity index (χ2n) is 1.50. The molecule has 0 amide bonds. The van der Waals surface area contributed by atoms with E-state index in [1.165, 1.54) is 0 Å². The van der Waals surface area contributed by atoms with E-state index in [9.17, 15) is 0 Å². The average molecular weight is 183 g/mol. The molecular weight excluding hydrogens is 171 g/mol. The molecule has 1 rings (SSSR count). The van der Waals surface area contributed by atoms with E-state index in [-0.39, 0.29) is 10.3 Å². The van der Waals surface area contributed by atoms with Gasteiger partial charge in [0.1, 0.15) is 0 Å². The molecule has 0 bridgehead atoms. The minimum Gasteiger partial charge on any atom is -0.236 e. The Morgan fingerprint density at radius 3 is 1.80 bits per heavy atom. The normalized spacial score (nSPS) is 21.4. The lowest BCUT2D eigenvalue weighted by atomic mass is 10.4. The Bertz CT molecular complexity index is 374. The molecule has 2 nitrogen and oxygen atoms in total. The van der Waals surface area contributed by atoms with E-state index < -0.39 is 25.1 Å². The molecule has 10 heavy (non-hydrogen) atoms. The van der Waals surface area contributed by atoms with Crippen molar-refractivity contribution >= 4 is 23.2 Å². The van der Waals surface area contributed by atoms with Crippen molar-refractivity contribution in [2.45, 2.75) is 13.7 Å². The first kappa shape index (κ1) is 2.95. The van der Waals surface area contributed by atoms with Gasteiger partial charge in [0.15, 0.2) is 10.3 Å². The van der Waals surface area contributed by atoms with Gasteiger partial charge in [0.2, 0.25) is 0 Å². The number of nitrogens with zero attached hydrogens (tertiary/aromatic N) is 2. The molecule has 0 aliphatic rings. The largest absolute Gasteiger partial charge is 0.236 e. The smallest absolute Gasteiger partial charge is 0.166 e. The van der Waals surface area contributed by atoms with E-state index in [2.05, 4.69) is 9.97 Å². The monoisotopic (exact) mass is 182 g/mol. The molecule has 0 atom stereocenters. The van der Waals surface area contributed by atoms with Crippen LogP contribution < -0.4 is 0 Å². The molecular formula is C6H6Cl2N2. The van der Waals surface area contributed by atoms with Crippen molar-refractivity contribution in [2.75, 3.05) is 0 Å². The minimum absolute atomic E-state index is 0.333. The zero-order valence-electron chi connectivity index (χ0n) is 10.7. The van der Waals surface area contributed by atoms with Crippen molar-refractivity contribution in [3.63, 3.8) is 0 Å². The quantitative estimate of drug-likeness (QED) is 0.617. The highest BCUT2D eigenvalue weighted by molar-refractivity contribution is 6.40. The highest BCUT2D eigenvalue weighted by Gasteiger charge is 2.02. The number of aryl methyl sites for hydroxylation is 2. The third kappa shape index (κ3) is 1.39. The predicted molar refractivity (Wildman–Crippen MR) is 41.5 cm³/mol. The SMILES string of the molecule is [2H]C([2H])([2H])c1nc(Cl)c(Cl)nc1C([2H])([2H])[2H]. The lowest BCUT2D eigenvalue weighted by Gasteiger charge is -1.98. The molecule has 1 aromatic heterocycles. The van der Waals surface area contributed by atoms with Crippen LogP contribution in [0.25, 0.3) is 0 Å². The van der Waals surface area contributed by atoms with Crippen LogP contribution in [0.15, 0.2) is 0 Å². The fourth-order valence-corrected chi connectivity index (χ4v) is 0.648. The lowest BCUT2D eigenvalue weighted by Crippen LogP contribution is -1.92. The molecule has 0 radical (unpaired) electrons. The lowest BCUT2D eigenvalue weighted by molar-refractivity contribution is 1.05. The molecule has 4 heteroatoms. The Labute approximate surface area is 77.6 Å². The Hall–Kier alpha value is -0.340. The summed E-state index contributed by atoms with van der Waals surface area (Å²) in [5.74, 6) is 0. The van der Waals surface area contributed by atoms with Crippen molar-refractivity contribution < 1.29 is 8.22 Å². The summed E-state index contributed by atoms with van der Waals surface area (Å²) < 4.78 is 42.8. The van der Waals surface area contributed by atoms with Crippen LogP contribution in [0.2, 0.25) is 10.3 Å². The van der Waals surface area contributed by atoms with Gasteiger partial charge in [-0.3, -0.25) is 0 Å². The second-order valence-corrected chi connectivity index (χ2v) is 2.22. The first-order chi connectivity index (χ1) is 7.03. The topological polar surface area (TPSA) is 25.8 Å². The van der Waals surface area contributed by atoms with Crippen molar-refractivity contribution in [2.24, 2.45) is 0 Å². The summed E-state index contributed by atoms with van der Waals surface area (Å²) in [6.07, 6.45) is 0. The van der Waals surface area contributed by atoms with Crippen LogP contribution in [0.4, 0.5) is 0 Å². The van der Waals surface area contributed by atoms with Crippen molar-refractivity contribution in [1.29, 1.82) is 0 Å². The number of hydrogen-bond donors (Lipinski definition) is 0. The van der Waals surface area contributed by atoms with Gasteiger partial charge in [0, 0.05) is 8.22 Å². The van der Waals surface area contributed by atoms with E-state index in [1.54, 1.807) is 0 Å². The fourth-order valence-electron chi connectivity index (χ4n) is 0.394. The first-order valence-electron chi connectivity index (χ1n) is 5.27. The van der Waals surface area contributed by atoms with Crippen LogP contribution in [0, 0.1) is 13.7 Å². The fraction of sp³-hybridized carbons (Fsp3) is 0.333. The highest BCUT2D eigenvalue weighted by atomic mass is 35.5. The molecule has 0 aliphatic carbocycles. The Morgan fingerprint density at radius 1 is 1.10 bits per heavy atom. The summed E-state index contributed by atoms with van der Waals surface area (Å²) in [5, 5.41) is -0.665. The van der Waals surface area contributed by atoms with Crippen molar-refractivity contribution in [3.8, 4) is 0 Å². The van der Waals surface area contributed by atoms with Gasteiger partial charge in [-0.1, -0.05) is 23.2 Å². The molecule has 0 saturated carbocycles. The summed E-state index contributed by atoms with van der Waals surface area (Å²) in [6.45, 7) is -5.41. The van der Waals surface area contributed by atoms with Crippen molar-refractivity contribution in [3.05, 3.63) is 21.7 Å². The van der Waals surface area contributed by atoms with Gasteiger partial charge in [0.25, 0.3) is 0 Å². The maximum absolute atomic E-state index is 7.14. The third-order valence-corrected chi connectivity index (χ3v) is 1.44. The van der Waals surface area contributed by atoms with Crippen LogP contribution in [0.5, 0.6) is 0 Å². The second kappa shape index (κ2) is 2.72. The van der Waals surface area contributed by atoms with Gasteiger partial charge in [-0.2, -0.15) is 0 Å². The third-order valence-electron chi connectivity index (χ3n) is 0.814. The zero-order chi connectivity index (χ0) is 12.7. The average Bonchev–Trinajstić information content (AvgIpc) is 2.05. The van der Waals surface area contributed by atoms with Gasteiger partial charge >= 0.3 is 0 Å². The van der Waals surface area contributed by atoms with Crippen molar-refractivity contribution in [1.82, 2.24) is 9.97 Å². The molecule has 0 saturated heterocycles. The molecule has 0 N–H and O–H groups in total. The van der Waals surface area contributed by atoms with E-state index >= 15 is 0 Å². The van der Waals surface area contributed by atoms with E-state index in [1.807, 2.05) is 0 Å². The predicted octanol–water partition coefficient (Wildman–Crippen LogP) is 2.40. The molecule has 0 aromatic carbocycles. The molecule has 0 spiro atoms. The molecule has 0 aliphatic heterocycles. The Balaban J connectivity index is 3.53. The molecule has 1 aromatic rings. The van der Waals surface area contributed by atoms with E-state index in [0.29, 0.717) is 0 Å². The summed E-state index contributed by atoms with van der Waals surface area (Å²) >= 11 is 11.0. The van der Waals surface area contributed by atoms with Gasteiger partial charge in [0.05, 0.1) is 11.4 Å². The maximum atomic E-state index is 7.14. The van der Waals surface area contributed by atoms with Crippen LogP contribution >= 0.6 is 23.2 Å². The highest BCUT2D eigenvalue weighted by Crippen LogP contribution is 2.17. The standard InChI is InChI=1S/C6H6Cl2N2/c1-3-4(2)10-6(8)5(7)9-3/h1-2H3/i1D3,2D3. The van der Waals surface area contributed by atoms with Crippen LogP contribution in [0.3, 0.4) is 0 Å². The van der Waals surface area contributed by atoms with E-state index in [4.69, 9.17) is 31.4 Å². The van der Waals surface area contributed by atoms with Gasteiger partial charge in [-0.05, 0) is 13.7 Å². The van der Waals surface area contributed by atoms with Gasteiger partial charge in [-0.25, -0.2) is 9.97 Å². The van der Waals surface area contributed by atoms with Crippen LogP contribution in [-0.4, -0.2) is 9.97 Å². The van der Waals surface area contributed by atoms with Crippen LogP contribution in [0.1, 0.15) is 19.6 Å². The first-order valence-corrected chi connectivity index (χ1v) is 3.03. The number of rotatable bonds is 0. The zero-order valence-corrected chi connectivity index (χ0v) is 6.16. The maximum Gasteiger partial charge on any atom is 0.166 e. The van der Waals surface area contributed by atoms with Crippen LogP contribution in [-0.2, 0) is 0 Å². The molecule has 0 unspecified atom stereocenters. The minimum atomic E-state index is -2.70. The summed E-state index contributed by atoms with van der Waals surface area (Å²) in [4.78, 5) is 6.92. The Kier molecular flexibility index (Phi) is 0.804. The Morgan fingerprint density at radius 2 is 1.50 bits per heavy atom. The number of halogens is 2. The summed E-state index contributed by atoms with van der Waals surface area (Å²) in [7, 11) is 0. The molecule has 54 valence electrons. The molecule has 1 heterocycles. The van der Waals surface area contributed by atoms with Gasteiger partial charge in [-0.15, -0.1) is 0 Å². The number of aromatic nitrogens is 2. The van der Waals surface area contributed by atoms with Gasteiger partial charge < -0.3 is 0 Å². The number of hydrogen-bond acceptors (Lipinski definition) is 2. The molecule has 0 fully saturated rings. The van der Waals surface area contributed by atoms with E-state index in [0.717, 1.165) is 0 Å². The summed E-state index contributed by atoms with van der Waals surface area (Å²) in [5.41, 5.74) is -1.30. The summed E-state index contributed by atoms with van der Waals surface area (Å²) in [6, 6.07) is 0.